The summed E-state index contributed by atoms with van der Waals surface area (Å²) in [6.45, 7) is 5.57. The van der Waals surface area contributed by atoms with E-state index in [2.05, 4.69) is 22.0 Å². The Morgan fingerprint density at radius 1 is 1.50 bits per heavy atom. The van der Waals surface area contributed by atoms with Crippen molar-refractivity contribution >= 4 is 5.91 Å². The van der Waals surface area contributed by atoms with E-state index in [1.807, 2.05) is 30.3 Å². The van der Waals surface area contributed by atoms with E-state index in [0.717, 1.165) is 5.69 Å². The van der Waals surface area contributed by atoms with E-state index < -0.39 is 6.10 Å². The summed E-state index contributed by atoms with van der Waals surface area (Å²) in [5.41, 5.74) is 0.874. The van der Waals surface area contributed by atoms with Gasteiger partial charge in [0.2, 0.25) is 0 Å². The number of ether oxygens (including phenoxy) is 1. The molecule has 0 aliphatic heterocycles. The first-order chi connectivity index (χ1) is 9.70. The third-order valence-electron chi connectivity index (χ3n) is 2.56. The first kappa shape index (κ1) is 13.8. The van der Waals surface area contributed by atoms with Crippen molar-refractivity contribution in [2.45, 2.75) is 13.0 Å². The van der Waals surface area contributed by atoms with Crippen molar-refractivity contribution < 1.29 is 9.53 Å². The van der Waals surface area contributed by atoms with E-state index in [0.29, 0.717) is 6.54 Å². The molecular formula is C14H16N4O2. The van der Waals surface area contributed by atoms with E-state index in [1.165, 1.54) is 0 Å². The number of carbonyl (C=O) groups excluding carboxylic acids is 1. The molecule has 0 spiro atoms. The van der Waals surface area contributed by atoms with E-state index in [4.69, 9.17) is 4.74 Å². The lowest BCUT2D eigenvalue weighted by Crippen LogP contribution is -2.36. The van der Waals surface area contributed by atoms with Crippen molar-refractivity contribution in [2.75, 3.05) is 6.54 Å². The third-order valence-corrected chi connectivity index (χ3v) is 2.56. The number of nitrogens with zero attached hydrogens (tertiary/aromatic N) is 3. The average Bonchev–Trinajstić information content (AvgIpc) is 2.94. The zero-order chi connectivity index (χ0) is 14.4. The van der Waals surface area contributed by atoms with E-state index >= 15 is 0 Å². The molecule has 1 atom stereocenters. The van der Waals surface area contributed by atoms with Crippen LogP contribution in [0.2, 0.25) is 0 Å². The minimum absolute atomic E-state index is 0.162. The number of aromatic nitrogens is 3. The van der Waals surface area contributed by atoms with E-state index in [-0.39, 0.29) is 11.9 Å². The highest BCUT2D eigenvalue weighted by molar-refractivity contribution is 5.80. The minimum Gasteiger partial charge on any atom is -0.449 e. The number of nitrogens with one attached hydrogen (secondary N) is 1. The van der Waals surface area contributed by atoms with Crippen molar-refractivity contribution in [3.8, 4) is 11.7 Å². The van der Waals surface area contributed by atoms with Crippen LogP contribution < -0.4 is 10.1 Å². The Morgan fingerprint density at radius 3 is 2.95 bits per heavy atom. The molecule has 0 radical (unpaired) electrons. The van der Waals surface area contributed by atoms with Gasteiger partial charge in [-0.25, -0.2) is 4.68 Å². The molecule has 0 aliphatic carbocycles. The molecule has 1 unspecified atom stereocenters. The zero-order valence-corrected chi connectivity index (χ0v) is 11.2. The standard InChI is InChI=1S/C14H16N4O2/c1-3-9-15-13(19)11(2)20-14-16-10-18(17-14)12-7-5-4-6-8-12/h3-8,10-11H,1,9H2,2H3,(H,15,19). The van der Waals surface area contributed by atoms with Gasteiger partial charge in [-0.2, -0.15) is 4.98 Å². The molecule has 0 bridgehead atoms. The van der Waals surface area contributed by atoms with Crippen molar-refractivity contribution in [3.63, 3.8) is 0 Å². The van der Waals surface area contributed by atoms with Crippen molar-refractivity contribution in [2.24, 2.45) is 0 Å². The number of amides is 1. The van der Waals surface area contributed by atoms with Crippen molar-refractivity contribution in [3.05, 3.63) is 49.3 Å². The van der Waals surface area contributed by atoms with Gasteiger partial charge >= 0.3 is 6.01 Å². The smallest absolute Gasteiger partial charge is 0.336 e. The molecule has 104 valence electrons. The molecule has 6 nitrogen and oxygen atoms in total. The molecule has 0 aliphatic rings. The minimum atomic E-state index is -0.665. The summed E-state index contributed by atoms with van der Waals surface area (Å²) in [5, 5.41) is 6.81. The lowest BCUT2D eigenvalue weighted by molar-refractivity contribution is -0.127. The molecule has 2 rings (SSSR count). The molecule has 0 saturated carbocycles. The largest absolute Gasteiger partial charge is 0.449 e. The normalized spacial score (nSPS) is 11.7. The number of benzene rings is 1. The Morgan fingerprint density at radius 2 is 2.25 bits per heavy atom. The second kappa shape index (κ2) is 6.51. The Bertz CT molecular complexity index is 580. The number of hydrogen-bond acceptors (Lipinski definition) is 4. The molecular weight excluding hydrogens is 256 g/mol. The lowest BCUT2D eigenvalue weighted by Gasteiger charge is -2.10. The molecule has 2 aromatic rings. The van der Waals surface area contributed by atoms with Gasteiger partial charge in [0.05, 0.1) is 5.69 Å². The Balaban J connectivity index is 1.99. The van der Waals surface area contributed by atoms with Gasteiger partial charge < -0.3 is 10.1 Å². The first-order valence-electron chi connectivity index (χ1n) is 6.23. The number of rotatable bonds is 6. The van der Waals surface area contributed by atoms with Crippen LogP contribution in [0.1, 0.15) is 6.92 Å². The quantitative estimate of drug-likeness (QED) is 0.806. The molecule has 1 heterocycles. The van der Waals surface area contributed by atoms with Gasteiger partial charge in [0.15, 0.2) is 6.10 Å². The molecule has 1 N–H and O–H groups in total. The van der Waals surface area contributed by atoms with Gasteiger partial charge in [-0.3, -0.25) is 4.79 Å². The van der Waals surface area contributed by atoms with Crippen LogP contribution in [0.5, 0.6) is 6.01 Å². The summed E-state index contributed by atoms with van der Waals surface area (Å²) in [7, 11) is 0. The Hall–Kier alpha value is -2.63. The second-order valence-corrected chi connectivity index (χ2v) is 4.10. The van der Waals surface area contributed by atoms with Crippen LogP contribution in [-0.2, 0) is 4.79 Å². The van der Waals surface area contributed by atoms with E-state index in [9.17, 15) is 4.79 Å². The van der Waals surface area contributed by atoms with Crippen molar-refractivity contribution in [1.82, 2.24) is 20.1 Å². The summed E-state index contributed by atoms with van der Waals surface area (Å²) in [5.74, 6) is -0.235. The lowest BCUT2D eigenvalue weighted by atomic mass is 10.3. The van der Waals surface area contributed by atoms with Crippen molar-refractivity contribution in [1.29, 1.82) is 0 Å². The maximum Gasteiger partial charge on any atom is 0.336 e. The summed E-state index contributed by atoms with van der Waals surface area (Å²) in [6.07, 6.45) is 2.48. The zero-order valence-electron chi connectivity index (χ0n) is 11.2. The van der Waals surface area contributed by atoms with Crippen LogP contribution in [-0.4, -0.2) is 33.3 Å². The number of hydrogen-bond donors (Lipinski definition) is 1. The highest BCUT2D eigenvalue weighted by Gasteiger charge is 2.16. The number of para-hydroxylation sites is 1. The highest BCUT2D eigenvalue weighted by atomic mass is 16.5. The Labute approximate surface area is 117 Å². The summed E-state index contributed by atoms with van der Waals surface area (Å²) < 4.78 is 6.97. The van der Waals surface area contributed by atoms with Crippen LogP contribution in [0.3, 0.4) is 0 Å². The number of carbonyl (C=O) groups is 1. The van der Waals surface area contributed by atoms with Gasteiger partial charge in [-0.05, 0) is 19.1 Å². The van der Waals surface area contributed by atoms with Crippen LogP contribution in [0.4, 0.5) is 0 Å². The van der Waals surface area contributed by atoms with Crippen LogP contribution in [0.15, 0.2) is 49.3 Å². The fourth-order valence-electron chi connectivity index (χ4n) is 1.54. The summed E-state index contributed by atoms with van der Waals surface area (Å²) >= 11 is 0. The fraction of sp³-hybridized carbons (Fsp3) is 0.214. The molecule has 1 amide bonds. The SMILES string of the molecule is C=CCNC(=O)C(C)Oc1ncn(-c2ccccc2)n1. The maximum absolute atomic E-state index is 11.6. The fourth-order valence-corrected chi connectivity index (χ4v) is 1.54. The van der Waals surface area contributed by atoms with Crippen LogP contribution in [0.25, 0.3) is 5.69 Å². The van der Waals surface area contributed by atoms with E-state index in [1.54, 1.807) is 24.0 Å². The van der Waals surface area contributed by atoms with Gasteiger partial charge in [0, 0.05) is 6.54 Å². The predicted octanol–water partition coefficient (Wildman–Crippen LogP) is 1.34. The monoisotopic (exact) mass is 272 g/mol. The summed E-state index contributed by atoms with van der Waals surface area (Å²) in [6, 6.07) is 9.70. The first-order valence-corrected chi connectivity index (χ1v) is 6.23. The van der Waals surface area contributed by atoms with Gasteiger partial charge in [0.1, 0.15) is 6.33 Å². The topological polar surface area (TPSA) is 69.0 Å². The molecule has 0 fully saturated rings. The predicted molar refractivity (Wildman–Crippen MR) is 74.7 cm³/mol. The second-order valence-electron chi connectivity index (χ2n) is 4.10. The molecule has 1 aromatic heterocycles. The molecule has 6 heteroatoms. The highest BCUT2D eigenvalue weighted by Crippen LogP contribution is 2.09. The maximum atomic E-state index is 11.6. The van der Waals surface area contributed by atoms with Gasteiger partial charge in [0.25, 0.3) is 5.91 Å². The molecule has 1 aromatic carbocycles. The third kappa shape index (κ3) is 3.44. The molecule has 20 heavy (non-hydrogen) atoms. The van der Waals surface area contributed by atoms with Crippen LogP contribution >= 0.6 is 0 Å². The van der Waals surface area contributed by atoms with Crippen LogP contribution in [0, 0.1) is 0 Å². The molecule has 0 saturated heterocycles. The average molecular weight is 272 g/mol. The Kier molecular flexibility index (Phi) is 4.49. The van der Waals surface area contributed by atoms with Gasteiger partial charge in [-0.1, -0.05) is 24.3 Å². The summed E-state index contributed by atoms with van der Waals surface area (Å²) in [4.78, 5) is 15.7. The van der Waals surface area contributed by atoms with Gasteiger partial charge in [-0.15, -0.1) is 11.7 Å².